The van der Waals surface area contributed by atoms with Crippen molar-refractivity contribution in [1.82, 2.24) is 10.2 Å². The Morgan fingerprint density at radius 1 is 1.60 bits per heavy atom. The van der Waals surface area contributed by atoms with Crippen LogP contribution in [0.1, 0.15) is 30.8 Å². The zero-order valence-electron chi connectivity index (χ0n) is 11.4. The van der Waals surface area contributed by atoms with E-state index in [9.17, 15) is 9.59 Å². The van der Waals surface area contributed by atoms with Gasteiger partial charge < -0.3 is 14.6 Å². The van der Waals surface area contributed by atoms with Crippen LogP contribution in [0.3, 0.4) is 0 Å². The number of nitrogens with one attached hydrogen (secondary N) is 1. The normalized spacial score (nSPS) is 19.9. The van der Waals surface area contributed by atoms with E-state index >= 15 is 0 Å². The monoisotopic (exact) mass is 360 g/mol. The average Bonchev–Trinajstić information content (AvgIpc) is 3.06. The van der Waals surface area contributed by atoms with Crippen LogP contribution in [0.25, 0.3) is 0 Å². The summed E-state index contributed by atoms with van der Waals surface area (Å²) in [6.45, 7) is 3.97. The summed E-state index contributed by atoms with van der Waals surface area (Å²) in [5.74, 6) is 1.04. The van der Waals surface area contributed by atoms with Crippen LogP contribution in [0.15, 0.2) is 21.2 Å². The Bertz CT molecular complexity index is 506. The van der Waals surface area contributed by atoms with Crippen LogP contribution in [0, 0.1) is 0 Å². The molecule has 0 aromatic carbocycles. The molecule has 20 heavy (non-hydrogen) atoms. The Labute approximate surface area is 130 Å². The number of hydrogen-bond acceptors (Lipinski definition) is 4. The largest absolute Gasteiger partial charge is 0.444 e. The molecule has 1 saturated heterocycles. The van der Waals surface area contributed by atoms with E-state index in [2.05, 4.69) is 21.2 Å². The average molecular weight is 361 g/mol. The lowest BCUT2D eigenvalue weighted by Crippen LogP contribution is -2.49. The Hall–Kier alpha value is -0.950. The van der Waals surface area contributed by atoms with E-state index in [4.69, 9.17) is 4.42 Å². The van der Waals surface area contributed by atoms with Gasteiger partial charge in [0.25, 0.3) is 5.91 Å². The third kappa shape index (κ3) is 3.38. The summed E-state index contributed by atoms with van der Waals surface area (Å²) in [7, 11) is 0. The first-order chi connectivity index (χ1) is 9.52. The zero-order valence-corrected chi connectivity index (χ0v) is 13.8. The van der Waals surface area contributed by atoms with E-state index in [1.165, 1.54) is 0 Å². The quantitative estimate of drug-likeness (QED) is 0.895. The molecule has 1 N–H and O–H groups in total. The second-order valence-electron chi connectivity index (χ2n) is 4.71. The molecule has 2 heterocycles. The predicted molar refractivity (Wildman–Crippen MR) is 81.6 cm³/mol. The van der Waals surface area contributed by atoms with Gasteiger partial charge >= 0.3 is 0 Å². The van der Waals surface area contributed by atoms with Crippen LogP contribution in [0.5, 0.6) is 0 Å². The number of carbonyl (C=O) groups is 2. The molecule has 0 bridgehead atoms. The first-order valence-corrected chi connectivity index (χ1v) is 8.42. The molecule has 2 amide bonds. The van der Waals surface area contributed by atoms with Gasteiger partial charge in [-0.2, -0.15) is 0 Å². The lowest BCUT2D eigenvalue weighted by Gasteiger charge is -2.23. The van der Waals surface area contributed by atoms with Crippen molar-refractivity contribution in [2.75, 3.05) is 11.6 Å². The molecular weight excluding hydrogens is 344 g/mol. The molecule has 1 aromatic heterocycles. The van der Waals surface area contributed by atoms with Crippen LogP contribution in [0.2, 0.25) is 0 Å². The number of hydrogen-bond donors (Lipinski definition) is 1. The third-order valence-electron chi connectivity index (χ3n) is 3.23. The van der Waals surface area contributed by atoms with Gasteiger partial charge in [-0.3, -0.25) is 9.59 Å². The first-order valence-electron chi connectivity index (χ1n) is 6.47. The van der Waals surface area contributed by atoms with Gasteiger partial charge in [0.1, 0.15) is 6.04 Å². The van der Waals surface area contributed by atoms with Gasteiger partial charge in [0.2, 0.25) is 5.91 Å². The molecule has 7 heteroatoms. The summed E-state index contributed by atoms with van der Waals surface area (Å²) in [5, 5.41) is 2.93. The Balaban J connectivity index is 2.07. The SMILES string of the molecule is CC[C@@H](C)NC(=O)[C@H]1CSCN1C(=O)c1ccc(Br)o1. The molecule has 2 rings (SSSR count). The van der Waals surface area contributed by atoms with Gasteiger partial charge in [-0.05, 0) is 41.4 Å². The van der Waals surface area contributed by atoms with Crippen LogP contribution in [-0.2, 0) is 4.79 Å². The molecule has 1 fully saturated rings. The van der Waals surface area contributed by atoms with E-state index in [0.717, 1.165) is 6.42 Å². The fraction of sp³-hybridized carbons (Fsp3) is 0.538. The van der Waals surface area contributed by atoms with Gasteiger partial charge in [0.15, 0.2) is 10.4 Å². The number of nitrogens with zero attached hydrogens (tertiary/aromatic N) is 1. The van der Waals surface area contributed by atoms with Crippen LogP contribution < -0.4 is 5.32 Å². The van der Waals surface area contributed by atoms with Crippen molar-refractivity contribution in [2.45, 2.75) is 32.4 Å². The molecule has 0 aliphatic carbocycles. The molecule has 1 aromatic rings. The number of halogens is 1. The smallest absolute Gasteiger partial charge is 0.291 e. The number of thioether (sulfide) groups is 1. The summed E-state index contributed by atoms with van der Waals surface area (Å²) in [4.78, 5) is 26.1. The standard InChI is InChI=1S/C13H17BrN2O3S/c1-3-8(2)15-12(17)9-6-20-7-16(9)13(18)10-4-5-11(14)19-10/h4-5,8-9H,3,6-7H2,1-2H3,(H,15,17)/t8-,9-/m1/s1. The second kappa shape index (κ2) is 6.67. The van der Waals surface area contributed by atoms with Gasteiger partial charge in [-0.15, -0.1) is 11.8 Å². The van der Waals surface area contributed by atoms with Gasteiger partial charge in [0.05, 0.1) is 5.88 Å². The van der Waals surface area contributed by atoms with E-state index in [-0.39, 0.29) is 23.6 Å². The summed E-state index contributed by atoms with van der Waals surface area (Å²) >= 11 is 4.75. The first kappa shape index (κ1) is 15.4. The summed E-state index contributed by atoms with van der Waals surface area (Å²) in [5.41, 5.74) is 0. The summed E-state index contributed by atoms with van der Waals surface area (Å²) in [6.07, 6.45) is 0.866. The maximum Gasteiger partial charge on any atom is 0.291 e. The van der Waals surface area contributed by atoms with E-state index in [1.54, 1.807) is 28.8 Å². The van der Waals surface area contributed by atoms with Gasteiger partial charge in [-0.1, -0.05) is 6.92 Å². The second-order valence-corrected chi connectivity index (χ2v) is 6.49. The van der Waals surface area contributed by atoms with Crippen molar-refractivity contribution in [3.8, 4) is 0 Å². The highest BCUT2D eigenvalue weighted by atomic mass is 79.9. The molecule has 0 spiro atoms. The molecule has 0 saturated carbocycles. The fourth-order valence-corrected chi connectivity index (χ4v) is 3.33. The number of furan rings is 1. The molecule has 0 radical (unpaired) electrons. The van der Waals surface area contributed by atoms with Crippen molar-refractivity contribution in [3.63, 3.8) is 0 Å². The lowest BCUT2D eigenvalue weighted by atomic mass is 10.2. The predicted octanol–water partition coefficient (Wildman–Crippen LogP) is 2.47. The molecule has 2 atom stereocenters. The van der Waals surface area contributed by atoms with Crippen molar-refractivity contribution in [2.24, 2.45) is 0 Å². The van der Waals surface area contributed by atoms with Gasteiger partial charge in [0, 0.05) is 11.8 Å². The summed E-state index contributed by atoms with van der Waals surface area (Å²) < 4.78 is 5.78. The molecule has 0 unspecified atom stereocenters. The highest BCUT2D eigenvalue weighted by Crippen LogP contribution is 2.25. The van der Waals surface area contributed by atoms with Gasteiger partial charge in [-0.25, -0.2) is 0 Å². The minimum atomic E-state index is -0.426. The Kier molecular flexibility index (Phi) is 5.15. The van der Waals surface area contributed by atoms with Crippen LogP contribution >= 0.6 is 27.7 Å². The summed E-state index contributed by atoms with van der Waals surface area (Å²) in [6, 6.07) is 2.97. The Morgan fingerprint density at radius 2 is 2.35 bits per heavy atom. The number of amides is 2. The maximum atomic E-state index is 12.3. The van der Waals surface area contributed by atoms with E-state index in [0.29, 0.717) is 16.3 Å². The molecule has 110 valence electrons. The minimum Gasteiger partial charge on any atom is -0.444 e. The van der Waals surface area contributed by atoms with Crippen LogP contribution in [0.4, 0.5) is 0 Å². The number of carbonyl (C=O) groups excluding carboxylic acids is 2. The van der Waals surface area contributed by atoms with Crippen molar-refractivity contribution in [1.29, 1.82) is 0 Å². The lowest BCUT2D eigenvalue weighted by molar-refractivity contribution is -0.125. The highest BCUT2D eigenvalue weighted by Gasteiger charge is 2.36. The zero-order chi connectivity index (χ0) is 14.7. The minimum absolute atomic E-state index is 0.0941. The molecule has 1 aliphatic heterocycles. The molecule has 1 aliphatic rings. The van der Waals surface area contributed by atoms with Crippen molar-refractivity contribution < 1.29 is 14.0 Å². The number of rotatable bonds is 4. The maximum absolute atomic E-state index is 12.3. The van der Waals surface area contributed by atoms with Crippen molar-refractivity contribution in [3.05, 3.63) is 22.6 Å². The fourth-order valence-electron chi connectivity index (χ4n) is 1.87. The van der Waals surface area contributed by atoms with Crippen molar-refractivity contribution >= 4 is 39.5 Å². The van der Waals surface area contributed by atoms with E-state index in [1.807, 2.05) is 13.8 Å². The van der Waals surface area contributed by atoms with Crippen LogP contribution in [-0.4, -0.2) is 40.4 Å². The highest BCUT2D eigenvalue weighted by molar-refractivity contribution is 9.10. The third-order valence-corrected chi connectivity index (χ3v) is 4.67. The van der Waals surface area contributed by atoms with E-state index < -0.39 is 6.04 Å². The molecular formula is C13H17BrN2O3S. The Morgan fingerprint density at radius 3 is 2.95 bits per heavy atom. The topological polar surface area (TPSA) is 62.6 Å². The molecule has 5 nitrogen and oxygen atoms in total.